The number of amides is 2. The lowest BCUT2D eigenvalue weighted by atomic mass is 10.3. The van der Waals surface area contributed by atoms with Crippen molar-refractivity contribution in [3.63, 3.8) is 0 Å². The SMILES string of the molecule is CCN(CC)CCOc1ccc(NC2=CC(=O)N(CCO)C2=O)cc1. The van der Waals surface area contributed by atoms with Crippen LogP contribution in [-0.2, 0) is 9.59 Å². The maximum atomic E-state index is 12.1. The van der Waals surface area contributed by atoms with Crippen molar-refractivity contribution >= 4 is 17.5 Å². The third kappa shape index (κ3) is 5.04. The number of hydrogen-bond acceptors (Lipinski definition) is 6. The molecule has 0 fully saturated rings. The molecule has 0 unspecified atom stereocenters. The van der Waals surface area contributed by atoms with E-state index in [0.717, 1.165) is 30.3 Å². The minimum absolute atomic E-state index is 0.00133. The van der Waals surface area contributed by atoms with Gasteiger partial charge in [-0.25, -0.2) is 0 Å². The van der Waals surface area contributed by atoms with Crippen LogP contribution >= 0.6 is 0 Å². The summed E-state index contributed by atoms with van der Waals surface area (Å²) in [7, 11) is 0. The first kappa shape index (κ1) is 19.0. The summed E-state index contributed by atoms with van der Waals surface area (Å²) >= 11 is 0. The lowest BCUT2D eigenvalue weighted by molar-refractivity contribution is -0.137. The molecular formula is C18H25N3O4. The highest BCUT2D eigenvalue weighted by atomic mass is 16.5. The van der Waals surface area contributed by atoms with Gasteiger partial charge in [0.05, 0.1) is 13.2 Å². The van der Waals surface area contributed by atoms with Gasteiger partial charge in [0.2, 0.25) is 0 Å². The molecule has 0 atom stereocenters. The average Bonchev–Trinajstić information content (AvgIpc) is 2.88. The second-order valence-electron chi connectivity index (χ2n) is 5.60. The number of carbonyl (C=O) groups excluding carboxylic acids is 2. The number of aliphatic hydroxyl groups excluding tert-OH is 1. The van der Waals surface area contributed by atoms with Crippen LogP contribution in [0.3, 0.4) is 0 Å². The third-order valence-electron chi connectivity index (χ3n) is 4.04. The van der Waals surface area contributed by atoms with E-state index in [0.29, 0.717) is 12.3 Å². The van der Waals surface area contributed by atoms with Crippen LogP contribution in [0.15, 0.2) is 36.0 Å². The fraction of sp³-hybridized carbons (Fsp3) is 0.444. The molecule has 7 heteroatoms. The summed E-state index contributed by atoms with van der Waals surface area (Å²) in [6, 6.07) is 7.22. The summed E-state index contributed by atoms with van der Waals surface area (Å²) in [5.41, 5.74) is 0.892. The lowest BCUT2D eigenvalue weighted by Gasteiger charge is -2.18. The lowest BCUT2D eigenvalue weighted by Crippen LogP contribution is -2.34. The quantitative estimate of drug-likeness (QED) is 0.616. The number of anilines is 1. The predicted octanol–water partition coefficient (Wildman–Crippen LogP) is 1.06. The number of ether oxygens (including phenoxy) is 1. The van der Waals surface area contributed by atoms with E-state index in [-0.39, 0.29) is 18.8 Å². The van der Waals surface area contributed by atoms with Crippen LogP contribution in [-0.4, -0.2) is 66.1 Å². The van der Waals surface area contributed by atoms with E-state index in [4.69, 9.17) is 9.84 Å². The van der Waals surface area contributed by atoms with Crippen LogP contribution in [0.2, 0.25) is 0 Å². The van der Waals surface area contributed by atoms with Crippen molar-refractivity contribution in [1.29, 1.82) is 0 Å². The normalized spacial score (nSPS) is 14.2. The zero-order chi connectivity index (χ0) is 18.2. The molecule has 1 aromatic carbocycles. The molecule has 1 aromatic rings. The minimum atomic E-state index is -0.432. The topological polar surface area (TPSA) is 82.1 Å². The number of benzene rings is 1. The van der Waals surface area contributed by atoms with Crippen LogP contribution in [0, 0.1) is 0 Å². The number of nitrogens with zero attached hydrogens (tertiary/aromatic N) is 2. The Hall–Kier alpha value is -2.38. The largest absolute Gasteiger partial charge is 0.492 e. The molecule has 25 heavy (non-hydrogen) atoms. The summed E-state index contributed by atoms with van der Waals surface area (Å²) in [5.74, 6) is -0.0982. The van der Waals surface area contributed by atoms with E-state index in [1.54, 1.807) is 12.1 Å². The Kier molecular flexibility index (Phi) is 6.97. The molecule has 2 N–H and O–H groups in total. The molecule has 1 heterocycles. The third-order valence-corrected chi connectivity index (χ3v) is 4.04. The summed E-state index contributed by atoms with van der Waals surface area (Å²) < 4.78 is 5.71. The molecule has 0 saturated heterocycles. The highest BCUT2D eigenvalue weighted by Gasteiger charge is 2.30. The highest BCUT2D eigenvalue weighted by molar-refractivity contribution is 6.17. The van der Waals surface area contributed by atoms with Crippen molar-refractivity contribution in [2.24, 2.45) is 0 Å². The van der Waals surface area contributed by atoms with Gasteiger partial charge in [0, 0.05) is 18.3 Å². The smallest absolute Gasteiger partial charge is 0.277 e. The van der Waals surface area contributed by atoms with Crippen molar-refractivity contribution in [3.8, 4) is 5.75 Å². The van der Waals surface area contributed by atoms with Gasteiger partial charge in [0.1, 0.15) is 18.1 Å². The molecule has 0 bridgehead atoms. The van der Waals surface area contributed by atoms with Gasteiger partial charge >= 0.3 is 0 Å². The molecular weight excluding hydrogens is 322 g/mol. The van der Waals surface area contributed by atoms with Crippen LogP contribution in [0.4, 0.5) is 5.69 Å². The molecule has 2 amide bonds. The van der Waals surface area contributed by atoms with Gasteiger partial charge in [-0.05, 0) is 37.4 Å². The van der Waals surface area contributed by atoms with E-state index in [2.05, 4.69) is 24.1 Å². The molecule has 136 valence electrons. The second kappa shape index (κ2) is 9.19. The average molecular weight is 347 g/mol. The number of aliphatic hydroxyl groups is 1. The Balaban J connectivity index is 1.87. The van der Waals surface area contributed by atoms with Crippen LogP contribution in [0.1, 0.15) is 13.8 Å². The standard InChI is InChI=1S/C18H25N3O4/c1-3-20(4-2)10-12-25-15-7-5-14(6-8-15)19-16-13-17(23)21(9-11-22)18(16)24/h5-8,13,19,22H,3-4,9-12H2,1-2H3. The molecule has 0 radical (unpaired) electrons. The Bertz CT molecular complexity index is 624. The summed E-state index contributed by atoms with van der Waals surface area (Å²) in [6.07, 6.45) is 1.24. The predicted molar refractivity (Wildman–Crippen MR) is 95.2 cm³/mol. The number of imide groups is 1. The van der Waals surface area contributed by atoms with Crippen molar-refractivity contribution in [3.05, 3.63) is 36.0 Å². The fourth-order valence-corrected chi connectivity index (χ4v) is 2.53. The Labute approximate surface area is 147 Å². The van der Waals surface area contributed by atoms with Crippen LogP contribution in [0.5, 0.6) is 5.75 Å². The molecule has 0 aliphatic carbocycles. The first-order valence-electron chi connectivity index (χ1n) is 8.49. The van der Waals surface area contributed by atoms with Gasteiger partial charge in [0.25, 0.3) is 11.8 Å². The van der Waals surface area contributed by atoms with Crippen molar-refractivity contribution < 1.29 is 19.4 Å². The number of β-amino-alcohol motifs (C(OH)–C–C–N with tert-alkyl or cyclic N) is 1. The highest BCUT2D eigenvalue weighted by Crippen LogP contribution is 2.20. The first-order chi connectivity index (χ1) is 12.1. The number of carbonyl (C=O) groups is 2. The van der Waals surface area contributed by atoms with Gasteiger partial charge < -0.3 is 20.1 Å². The van der Waals surface area contributed by atoms with Gasteiger partial charge in [-0.1, -0.05) is 13.8 Å². The van der Waals surface area contributed by atoms with Gasteiger partial charge in [-0.15, -0.1) is 0 Å². The zero-order valence-corrected chi connectivity index (χ0v) is 14.7. The van der Waals surface area contributed by atoms with Crippen LogP contribution < -0.4 is 10.1 Å². The summed E-state index contributed by atoms with van der Waals surface area (Å²) in [4.78, 5) is 27.1. The first-order valence-corrected chi connectivity index (χ1v) is 8.49. The van der Waals surface area contributed by atoms with Gasteiger partial charge in [-0.3, -0.25) is 14.5 Å². The second-order valence-corrected chi connectivity index (χ2v) is 5.60. The number of likely N-dealkylation sites (N-methyl/N-ethyl adjacent to an activating group) is 1. The number of nitrogens with one attached hydrogen (secondary N) is 1. The molecule has 2 rings (SSSR count). The zero-order valence-electron chi connectivity index (χ0n) is 14.7. The maximum Gasteiger partial charge on any atom is 0.277 e. The number of rotatable bonds is 10. The Morgan fingerprint density at radius 1 is 1.16 bits per heavy atom. The van der Waals surface area contributed by atoms with Crippen molar-refractivity contribution in [1.82, 2.24) is 9.80 Å². The van der Waals surface area contributed by atoms with Crippen molar-refractivity contribution in [2.75, 3.05) is 44.7 Å². The molecule has 0 spiro atoms. The Morgan fingerprint density at radius 2 is 1.84 bits per heavy atom. The van der Waals surface area contributed by atoms with Gasteiger partial charge in [0.15, 0.2) is 0 Å². The molecule has 0 saturated carbocycles. The monoisotopic (exact) mass is 347 g/mol. The fourth-order valence-electron chi connectivity index (χ4n) is 2.53. The molecule has 7 nitrogen and oxygen atoms in total. The summed E-state index contributed by atoms with van der Waals surface area (Å²) in [5, 5.41) is 11.8. The molecule has 1 aliphatic heterocycles. The van der Waals surface area contributed by atoms with Crippen LogP contribution in [0.25, 0.3) is 0 Å². The van der Waals surface area contributed by atoms with E-state index in [1.165, 1.54) is 6.08 Å². The van der Waals surface area contributed by atoms with E-state index in [9.17, 15) is 9.59 Å². The molecule has 1 aliphatic rings. The van der Waals surface area contributed by atoms with E-state index in [1.807, 2.05) is 12.1 Å². The Morgan fingerprint density at radius 3 is 2.44 bits per heavy atom. The molecule has 0 aromatic heterocycles. The minimum Gasteiger partial charge on any atom is -0.492 e. The van der Waals surface area contributed by atoms with Crippen molar-refractivity contribution in [2.45, 2.75) is 13.8 Å². The summed E-state index contributed by atoms with van der Waals surface area (Å²) in [6.45, 7) is 7.47. The van der Waals surface area contributed by atoms with E-state index < -0.39 is 11.8 Å². The van der Waals surface area contributed by atoms with E-state index >= 15 is 0 Å². The number of hydrogen-bond donors (Lipinski definition) is 2. The maximum absolute atomic E-state index is 12.1. The van der Waals surface area contributed by atoms with Gasteiger partial charge in [-0.2, -0.15) is 0 Å².